The second-order valence-electron chi connectivity index (χ2n) is 5.00. The maximum atomic E-state index is 11.3. The van der Waals surface area contributed by atoms with Crippen LogP contribution in [0.4, 0.5) is 0 Å². The van der Waals surface area contributed by atoms with Gasteiger partial charge in [-0.2, -0.15) is 0 Å². The molecule has 0 heterocycles. The summed E-state index contributed by atoms with van der Waals surface area (Å²) in [6, 6.07) is 0.331. The Morgan fingerprint density at radius 1 is 1.47 bits per heavy atom. The van der Waals surface area contributed by atoms with E-state index in [2.05, 4.69) is 12.2 Å². The summed E-state index contributed by atoms with van der Waals surface area (Å²) in [5.41, 5.74) is 5.40. The smallest absolute Gasteiger partial charge is 0.234 e. The van der Waals surface area contributed by atoms with Crippen LogP contribution in [0.2, 0.25) is 0 Å². The van der Waals surface area contributed by atoms with Gasteiger partial charge in [-0.3, -0.25) is 4.79 Å². The summed E-state index contributed by atoms with van der Waals surface area (Å²) in [5.74, 6) is 0.790. The number of nitrogens with two attached hydrogens (primary N) is 1. The first-order chi connectivity index (χ1) is 7.06. The Morgan fingerprint density at radius 2 is 2.13 bits per heavy atom. The van der Waals surface area contributed by atoms with Gasteiger partial charge in [0, 0.05) is 6.04 Å². The van der Waals surface area contributed by atoms with Gasteiger partial charge in [-0.25, -0.2) is 0 Å². The summed E-state index contributed by atoms with van der Waals surface area (Å²) in [7, 11) is 0. The Bertz CT molecular complexity index is 216. The topological polar surface area (TPSA) is 55.1 Å². The monoisotopic (exact) mass is 212 g/mol. The summed E-state index contributed by atoms with van der Waals surface area (Å²) in [6.07, 6.45) is 4.95. The van der Waals surface area contributed by atoms with E-state index in [1.54, 1.807) is 0 Å². The molecule has 1 aliphatic rings. The van der Waals surface area contributed by atoms with E-state index in [0.29, 0.717) is 6.04 Å². The lowest BCUT2D eigenvalue weighted by Gasteiger charge is -2.27. The molecular formula is C12H24N2O. The van der Waals surface area contributed by atoms with Gasteiger partial charge in [-0.15, -0.1) is 0 Å². The van der Waals surface area contributed by atoms with Gasteiger partial charge in [0.2, 0.25) is 5.91 Å². The van der Waals surface area contributed by atoms with E-state index in [1.165, 1.54) is 25.7 Å². The molecule has 0 saturated heterocycles. The normalized spacial score (nSPS) is 28.3. The molecule has 1 fully saturated rings. The highest BCUT2D eigenvalue weighted by atomic mass is 16.1. The third-order valence-corrected chi connectivity index (χ3v) is 3.55. The average Bonchev–Trinajstić information content (AvgIpc) is 2.59. The molecule has 3 atom stereocenters. The maximum absolute atomic E-state index is 11.3. The number of primary amides is 1. The number of hydrogen-bond donors (Lipinski definition) is 2. The lowest BCUT2D eigenvalue weighted by atomic mass is 9.97. The summed E-state index contributed by atoms with van der Waals surface area (Å²) in [5, 5.41) is 3.44. The van der Waals surface area contributed by atoms with Crippen molar-refractivity contribution in [3.63, 3.8) is 0 Å². The molecule has 0 aromatic rings. The van der Waals surface area contributed by atoms with Crippen molar-refractivity contribution < 1.29 is 4.79 Å². The van der Waals surface area contributed by atoms with Crippen LogP contribution in [0.25, 0.3) is 0 Å². The SMILES string of the molecule is CCC1CCCC1NC(C(N)=O)C(C)C. The van der Waals surface area contributed by atoms with Crippen molar-refractivity contribution >= 4 is 5.91 Å². The molecule has 88 valence electrons. The highest BCUT2D eigenvalue weighted by Crippen LogP contribution is 2.28. The minimum absolute atomic E-state index is 0.165. The molecule has 3 N–H and O–H groups in total. The molecule has 0 spiro atoms. The van der Waals surface area contributed by atoms with Crippen LogP contribution >= 0.6 is 0 Å². The van der Waals surface area contributed by atoms with Crippen LogP contribution in [0.3, 0.4) is 0 Å². The Hall–Kier alpha value is -0.570. The number of nitrogens with one attached hydrogen (secondary N) is 1. The van der Waals surface area contributed by atoms with Gasteiger partial charge >= 0.3 is 0 Å². The van der Waals surface area contributed by atoms with Gasteiger partial charge in [-0.1, -0.05) is 33.6 Å². The van der Waals surface area contributed by atoms with Crippen LogP contribution in [0.15, 0.2) is 0 Å². The molecule has 0 radical (unpaired) electrons. The van der Waals surface area contributed by atoms with Gasteiger partial charge in [-0.05, 0) is 24.7 Å². The molecular weight excluding hydrogens is 188 g/mol. The first-order valence-electron chi connectivity index (χ1n) is 6.11. The lowest BCUT2D eigenvalue weighted by molar-refractivity contribution is -0.121. The Labute approximate surface area is 92.8 Å². The highest BCUT2D eigenvalue weighted by molar-refractivity contribution is 5.80. The quantitative estimate of drug-likeness (QED) is 0.728. The largest absolute Gasteiger partial charge is 0.368 e. The molecule has 0 aromatic carbocycles. The second-order valence-corrected chi connectivity index (χ2v) is 5.00. The second kappa shape index (κ2) is 5.50. The van der Waals surface area contributed by atoms with Crippen LogP contribution < -0.4 is 11.1 Å². The predicted octanol–water partition coefficient (Wildman–Crippen LogP) is 1.66. The molecule has 3 nitrogen and oxygen atoms in total. The predicted molar refractivity (Wildman–Crippen MR) is 62.4 cm³/mol. The fourth-order valence-corrected chi connectivity index (χ4v) is 2.58. The zero-order valence-electron chi connectivity index (χ0n) is 10.1. The van der Waals surface area contributed by atoms with Crippen LogP contribution in [0, 0.1) is 11.8 Å². The zero-order valence-corrected chi connectivity index (χ0v) is 10.1. The number of rotatable bonds is 5. The fraction of sp³-hybridized carbons (Fsp3) is 0.917. The first kappa shape index (κ1) is 12.5. The fourth-order valence-electron chi connectivity index (χ4n) is 2.58. The summed E-state index contributed by atoms with van der Waals surface area (Å²) < 4.78 is 0. The molecule has 3 unspecified atom stereocenters. The first-order valence-corrected chi connectivity index (χ1v) is 6.11. The molecule has 1 saturated carbocycles. The van der Waals surface area contributed by atoms with Crippen molar-refractivity contribution in [1.82, 2.24) is 5.32 Å². The Balaban J connectivity index is 2.54. The van der Waals surface area contributed by atoms with Gasteiger partial charge < -0.3 is 11.1 Å². The van der Waals surface area contributed by atoms with E-state index in [4.69, 9.17) is 5.73 Å². The van der Waals surface area contributed by atoms with Crippen LogP contribution in [0.5, 0.6) is 0 Å². The van der Waals surface area contributed by atoms with Crippen LogP contribution in [0.1, 0.15) is 46.5 Å². The Morgan fingerprint density at radius 3 is 2.60 bits per heavy atom. The molecule has 3 heteroatoms. The molecule has 1 amide bonds. The number of carbonyl (C=O) groups is 1. The third-order valence-electron chi connectivity index (χ3n) is 3.55. The van der Waals surface area contributed by atoms with Crippen molar-refractivity contribution in [2.75, 3.05) is 0 Å². The standard InChI is InChI=1S/C12H24N2O/c1-4-9-6-5-7-10(9)14-11(8(2)3)12(13)15/h8-11,14H,4-7H2,1-3H3,(H2,13,15). The summed E-state index contributed by atoms with van der Waals surface area (Å²) in [6.45, 7) is 6.30. The van der Waals surface area contributed by atoms with E-state index in [-0.39, 0.29) is 17.9 Å². The van der Waals surface area contributed by atoms with E-state index in [9.17, 15) is 4.79 Å². The van der Waals surface area contributed by atoms with E-state index in [0.717, 1.165) is 5.92 Å². The zero-order chi connectivity index (χ0) is 11.4. The van der Waals surface area contributed by atoms with Crippen molar-refractivity contribution in [2.24, 2.45) is 17.6 Å². The molecule has 15 heavy (non-hydrogen) atoms. The minimum Gasteiger partial charge on any atom is -0.368 e. The lowest BCUT2D eigenvalue weighted by Crippen LogP contribution is -2.50. The van der Waals surface area contributed by atoms with Crippen LogP contribution in [-0.2, 0) is 4.79 Å². The third kappa shape index (κ3) is 3.20. The number of carbonyl (C=O) groups excluding carboxylic acids is 1. The van der Waals surface area contributed by atoms with E-state index in [1.807, 2.05) is 13.8 Å². The van der Waals surface area contributed by atoms with Crippen molar-refractivity contribution in [2.45, 2.75) is 58.5 Å². The average molecular weight is 212 g/mol. The molecule has 0 aliphatic heterocycles. The minimum atomic E-state index is -0.216. The summed E-state index contributed by atoms with van der Waals surface area (Å²) >= 11 is 0. The van der Waals surface area contributed by atoms with Gasteiger partial charge in [0.25, 0.3) is 0 Å². The van der Waals surface area contributed by atoms with E-state index < -0.39 is 0 Å². The molecule has 1 aliphatic carbocycles. The summed E-state index contributed by atoms with van der Waals surface area (Å²) in [4.78, 5) is 11.3. The van der Waals surface area contributed by atoms with Crippen molar-refractivity contribution in [3.05, 3.63) is 0 Å². The molecule has 0 bridgehead atoms. The molecule has 0 aromatic heterocycles. The maximum Gasteiger partial charge on any atom is 0.234 e. The van der Waals surface area contributed by atoms with Gasteiger partial charge in [0.05, 0.1) is 6.04 Å². The number of hydrogen-bond acceptors (Lipinski definition) is 2. The van der Waals surface area contributed by atoms with Crippen molar-refractivity contribution in [3.8, 4) is 0 Å². The molecule has 1 rings (SSSR count). The van der Waals surface area contributed by atoms with Gasteiger partial charge in [0.15, 0.2) is 0 Å². The van der Waals surface area contributed by atoms with Gasteiger partial charge in [0.1, 0.15) is 0 Å². The van der Waals surface area contributed by atoms with Crippen molar-refractivity contribution in [1.29, 1.82) is 0 Å². The Kier molecular flexibility index (Phi) is 4.58. The highest BCUT2D eigenvalue weighted by Gasteiger charge is 2.30. The number of amides is 1. The van der Waals surface area contributed by atoms with E-state index >= 15 is 0 Å². The van der Waals surface area contributed by atoms with Crippen LogP contribution in [-0.4, -0.2) is 18.0 Å².